The first kappa shape index (κ1) is 17.7. The lowest BCUT2D eigenvalue weighted by Crippen LogP contribution is -2.22. The van der Waals surface area contributed by atoms with Crippen LogP contribution in [0.2, 0.25) is 0 Å². The Morgan fingerprint density at radius 3 is 2.78 bits per heavy atom. The number of aryl methyl sites for hydroxylation is 1. The Kier molecular flexibility index (Phi) is 5.21. The number of hydrogen-bond acceptors (Lipinski definition) is 5. The minimum Gasteiger partial charge on any atom is -0.494 e. The van der Waals surface area contributed by atoms with Crippen LogP contribution in [0.5, 0.6) is 5.75 Å². The molecule has 2 aromatic carbocycles. The molecule has 1 aliphatic heterocycles. The first-order valence-corrected chi connectivity index (χ1v) is 9.59. The average Bonchev–Trinajstić information content (AvgIpc) is 3.33. The Hall–Kier alpha value is -2.66. The number of aromatic nitrogens is 2. The summed E-state index contributed by atoms with van der Waals surface area (Å²) in [7, 11) is 0. The van der Waals surface area contributed by atoms with Gasteiger partial charge in [-0.05, 0) is 63.1 Å². The Morgan fingerprint density at radius 1 is 1.15 bits per heavy atom. The van der Waals surface area contributed by atoms with Crippen molar-refractivity contribution in [3.05, 3.63) is 65.5 Å². The van der Waals surface area contributed by atoms with E-state index in [1.165, 1.54) is 17.5 Å². The molecule has 1 fully saturated rings. The summed E-state index contributed by atoms with van der Waals surface area (Å²) in [5, 5.41) is 8.51. The third-order valence-corrected chi connectivity index (χ3v) is 5.01. The molecular weight excluding hydrogens is 338 g/mol. The van der Waals surface area contributed by atoms with Crippen molar-refractivity contribution in [3.8, 4) is 17.2 Å². The van der Waals surface area contributed by atoms with Gasteiger partial charge in [-0.15, -0.1) is 10.2 Å². The van der Waals surface area contributed by atoms with Gasteiger partial charge in [-0.2, -0.15) is 0 Å². The van der Waals surface area contributed by atoms with E-state index in [1.54, 1.807) is 0 Å². The summed E-state index contributed by atoms with van der Waals surface area (Å²) in [5.74, 6) is 2.18. The van der Waals surface area contributed by atoms with E-state index in [-0.39, 0.29) is 0 Å². The van der Waals surface area contributed by atoms with Crippen LogP contribution in [0.15, 0.2) is 52.9 Å². The molecule has 0 bridgehead atoms. The molecule has 5 nitrogen and oxygen atoms in total. The molecule has 0 N–H and O–H groups in total. The van der Waals surface area contributed by atoms with Crippen molar-refractivity contribution in [2.24, 2.45) is 0 Å². The average molecular weight is 363 g/mol. The minimum absolute atomic E-state index is 0.384. The van der Waals surface area contributed by atoms with Crippen molar-refractivity contribution in [1.82, 2.24) is 15.1 Å². The van der Waals surface area contributed by atoms with E-state index in [0.29, 0.717) is 31.0 Å². The standard InChI is InChI=1S/C22H25N3O2/c1-3-26-19-11-9-17(10-12-19)20-8-5-13-25(20)15-21-23-24-22(27-21)18-7-4-6-16(2)14-18/h4,6-7,9-12,14,20H,3,5,8,13,15H2,1-2H3. The molecule has 0 spiro atoms. The van der Waals surface area contributed by atoms with Gasteiger partial charge in [-0.25, -0.2) is 0 Å². The number of hydrogen-bond donors (Lipinski definition) is 0. The molecule has 0 saturated carbocycles. The zero-order chi connectivity index (χ0) is 18.6. The monoisotopic (exact) mass is 363 g/mol. The number of nitrogens with zero attached hydrogens (tertiary/aromatic N) is 3. The van der Waals surface area contributed by atoms with Crippen LogP contribution in [0, 0.1) is 6.92 Å². The van der Waals surface area contributed by atoms with Gasteiger partial charge in [0, 0.05) is 11.6 Å². The molecule has 1 unspecified atom stereocenters. The van der Waals surface area contributed by atoms with Crippen LogP contribution in [0.3, 0.4) is 0 Å². The summed E-state index contributed by atoms with van der Waals surface area (Å²) in [6, 6.07) is 17.0. The normalized spacial score (nSPS) is 17.3. The van der Waals surface area contributed by atoms with Crippen molar-refractivity contribution in [1.29, 1.82) is 0 Å². The van der Waals surface area contributed by atoms with Crippen LogP contribution in [0.1, 0.15) is 42.8 Å². The quantitative estimate of drug-likeness (QED) is 0.631. The molecule has 3 aromatic rings. The predicted octanol–water partition coefficient (Wildman–Crippen LogP) is 4.78. The lowest BCUT2D eigenvalue weighted by Gasteiger charge is -2.23. The van der Waals surface area contributed by atoms with Crippen LogP contribution >= 0.6 is 0 Å². The maximum Gasteiger partial charge on any atom is 0.247 e. The second-order valence-corrected chi connectivity index (χ2v) is 7.00. The van der Waals surface area contributed by atoms with E-state index in [9.17, 15) is 0 Å². The molecule has 140 valence electrons. The highest BCUT2D eigenvalue weighted by Gasteiger charge is 2.27. The molecule has 1 atom stereocenters. The summed E-state index contributed by atoms with van der Waals surface area (Å²) >= 11 is 0. The summed E-state index contributed by atoms with van der Waals surface area (Å²) in [5.41, 5.74) is 3.47. The minimum atomic E-state index is 0.384. The van der Waals surface area contributed by atoms with E-state index < -0.39 is 0 Å². The summed E-state index contributed by atoms with van der Waals surface area (Å²) < 4.78 is 11.5. The van der Waals surface area contributed by atoms with Gasteiger partial charge in [0.15, 0.2) is 0 Å². The largest absolute Gasteiger partial charge is 0.494 e. The fourth-order valence-electron chi connectivity index (χ4n) is 3.73. The molecule has 4 rings (SSSR count). The van der Waals surface area contributed by atoms with Gasteiger partial charge in [0.25, 0.3) is 0 Å². The van der Waals surface area contributed by atoms with Gasteiger partial charge in [0.2, 0.25) is 11.8 Å². The summed E-state index contributed by atoms with van der Waals surface area (Å²) in [4.78, 5) is 2.42. The molecule has 1 saturated heterocycles. The molecule has 0 aliphatic carbocycles. The van der Waals surface area contributed by atoms with Gasteiger partial charge in [0.1, 0.15) is 5.75 Å². The van der Waals surface area contributed by atoms with Gasteiger partial charge in [-0.3, -0.25) is 4.90 Å². The van der Waals surface area contributed by atoms with Crippen LogP contribution in [-0.2, 0) is 6.54 Å². The van der Waals surface area contributed by atoms with Crippen molar-refractivity contribution >= 4 is 0 Å². The van der Waals surface area contributed by atoms with Crippen LogP contribution in [0.25, 0.3) is 11.5 Å². The zero-order valence-electron chi connectivity index (χ0n) is 15.9. The van der Waals surface area contributed by atoms with Crippen LogP contribution < -0.4 is 4.74 Å². The summed E-state index contributed by atoms with van der Waals surface area (Å²) in [6.07, 6.45) is 2.32. The third kappa shape index (κ3) is 4.03. The van der Waals surface area contributed by atoms with Gasteiger partial charge in [0.05, 0.1) is 13.2 Å². The van der Waals surface area contributed by atoms with Crippen molar-refractivity contribution in [3.63, 3.8) is 0 Å². The molecule has 5 heteroatoms. The second-order valence-electron chi connectivity index (χ2n) is 7.00. The van der Waals surface area contributed by atoms with Crippen molar-refractivity contribution in [2.75, 3.05) is 13.2 Å². The molecule has 1 aromatic heterocycles. The van der Waals surface area contributed by atoms with Crippen molar-refractivity contribution < 1.29 is 9.15 Å². The molecule has 0 amide bonds. The fraction of sp³-hybridized carbons (Fsp3) is 0.364. The van der Waals surface area contributed by atoms with E-state index in [1.807, 2.05) is 19.1 Å². The van der Waals surface area contributed by atoms with E-state index in [4.69, 9.17) is 9.15 Å². The SMILES string of the molecule is CCOc1ccc(C2CCCN2Cc2nnc(-c3cccc(C)c3)o2)cc1. The number of rotatable bonds is 6. The maximum absolute atomic E-state index is 5.94. The van der Waals surface area contributed by atoms with Crippen LogP contribution in [-0.4, -0.2) is 28.2 Å². The third-order valence-electron chi connectivity index (χ3n) is 5.01. The maximum atomic E-state index is 5.94. The smallest absolute Gasteiger partial charge is 0.247 e. The zero-order valence-corrected chi connectivity index (χ0v) is 15.9. The molecule has 2 heterocycles. The molecule has 1 aliphatic rings. The van der Waals surface area contributed by atoms with Gasteiger partial charge in [-0.1, -0.05) is 29.8 Å². The highest BCUT2D eigenvalue weighted by atomic mass is 16.5. The van der Waals surface area contributed by atoms with E-state index in [0.717, 1.165) is 24.3 Å². The first-order chi connectivity index (χ1) is 13.2. The Labute approximate surface area is 160 Å². The first-order valence-electron chi connectivity index (χ1n) is 9.59. The topological polar surface area (TPSA) is 51.4 Å². The van der Waals surface area contributed by atoms with E-state index in [2.05, 4.69) is 58.4 Å². The van der Waals surface area contributed by atoms with Crippen LogP contribution in [0.4, 0.5) is 0 Å². The van der Waals surface area contributed by atoms with Crippen molar-refractivity contribution in [2.45, 2.75) is 39.3 Å². The predicted molar refractivity (Wildman–Crippen MR) is 104 cm³/mol. The lowest BCUT2D eigenvalue weighted by atomic mass is 10.0. The molecule has 0 radical (unpaired) electrons. The number of ether oxygens (including phenoxy) is 1. The second kappa shape index (κ2) is 7.92. The molecule has 27 heavy (non-hydrogen) atoms. The van der Waals surface area contributed by atoms with Gasteiger partial charge >= 0.3 is 0 Å². The highest BCUT2D eigenvalue weighted by Crippen LogP contribution is 2.34. The van der Waals surface area contributed by atoms with Gasteiger partial charge < -0.3 is 9.15 Å². The highest BCUT2D eigenvalue weighted by molar-refractivity contribution is 5.53. The number of likely N-dealkylation sites (tertiary alicyclic amines) is 1. The lowest BCUT2D eigenvalue weighted by molar-refractivity contribution is 0.224. The Balaban J connectivity index is 1.47. The fourth-order valence-corrected chi connectivity index (χ4v) is 3.73. The number of benzene rings is 2. The molecular formula is C22H25N3O2. The summed E-state index contributed by atoms with van der Waals surface area (Å²) in [6.45, 7) is 6.47. The Morgan fingerprint density at radius 2 is 2.00 bits per heavy atom. The Bertz CT molecular complexity index is 889. The van der Waals surface area contributed by atoms with E-state index >= 15 is 0 Å².